The average molecular weight is 399 g/mol. The van der Waals surface area contributed by atoms with Crippen LogP contribution in [0.4, 0.5) is 0 Å². The van der Waals surface area contributed by atoms with E-state index < -0.39 is 23.9 Å². The average Bonchev–Trinajstić information content (AvgIpc) is 2.64. The Hall–Kier alpha value is -0.690. The first kappa shape index (κ1) is 22.0. The van der Waals surface area contributed by atoms with Crippen LogP contribution in [0.3, 0.4) is 0 Å². The van der Waals surface area contributed by atoms with Crippen molar-refractivity contribution in [2.24, 2.45) is 22.7 Å². The molecular formula is C22H38O6. The summed E-state index contributed by atoms with van der Waals surface area (Å²) in [6.07, 6.45) is 5.40. The van der Waals surface area contributed by atoms with Gasteiger partial charge in [-0.15, -0.1) is 0 Å². The first-order valence-corrected chi connectivity index (χ1v) is 10.8. The van der Waals surface area contributed by atoms with Crippen LogP contribution in [0.5, 0.6) is 0 Å². The van der Waals surface area contributed by atoms with Gasteiger partial charge in [0.2, 0.25) is 0 Å². The largest absolute Gasteiger partial charge is 0.465 e. The molecule has 1 aliphatic heterocycles. The second-order valence-corrected chi connectivity index (χ2v) is 10.3. The molecule has 0 aromatic heterocycles. The summed E-state index contributed by atoms with van der Waals surface area (Å²) in [4.78, 5) is 11.4. The zero-order chi connectivity index (χ0) is 20.8. The molecule has 0 bridgehead atoms. The van der Waals surface area contributed by atoms with Crippen LogP contribution < -0.4 is 0 Å². The summed E-state index contributed by atoms with van der Waals surface area (Å²) in [7, 11) is 0. The molecule has 1 unspecified atom stereocenters. The molecule has 3 rings (SSSR count). The fraction of sp³-hybridized carbons (Fsp3) is 0.955. The van der Waals surface area contributed by atoms with E-state index in [-0.39, 0.29) is 23.4 Å². The molecule has 0 spiro atoms. The van der Waals surface area contributed by atoms with Crippen molar-refractivity contribution in [3.8, 4) is 0 Å². The van der Waals surface area contributed by atoms with E-state index in [1.165, 1.54) is 6.92 Å². The monoisotopic (exact) mass is 398 g/mol. The molecule has 28 heavy (non-hydrogen) atoms. The maximum atomic E-state index is 11.4. The quantitative estimate of drug-likeness (QED) is 0.616. The minimum absolute atomic E-state index is 0.0316. The molecule has 0 radical (unpaired) electrons. The fourth-order valence-electron chi connectivity index (χ4n) is 7.13. The predicted molar refractivity (Wildman–Crippen MR) is 105 cm³/mol. The van der Waals surface area contributed by atoms with Gasteiger partial charge in [0.15, 0.2) is 0 Å². The summed E-state index contributed by atoms with van der Waals surface area (Å²) in [5, 5.41) is 29.9. The molecule has 2 saturated carbocycles. The van der Waals surface area contributed by atoms with Gasteiger partial charge < -0.3 is 24.8 Å². The SMILES string of the molecule is CC(=O)OC[C@]1(C)CCC[C@]2(C)[C@@H]1CC[C@]1(C)O[C@@](CO)(C(O)CO)CC[C@@H]21. The molecule has 1 saturated heterocycles. The Labute approximate surface area is 168 Å². The Kier molecular flexibility index (Phi) is 5.92. The van der Waals surface area contributed by atoms with Gasteiger partial charge in [0.05, 0.1) is 25.4 Å². The van der Waals surface area contributed by atoms with Crippen LogP contribution in [-0.2, 0) is 14.3 Å². The standard InChI is InChI=1S/C22H38O6/c1-15(25)27-14-19(2)8-5-9-20(3)16(19)6-10-21(4)17(20)7-11-22(13-24,28-21)18(26)12-23/h16-18,23-24,26H,5-14H2,1-4H3/t16-,17+,18?,19+,20-,21+,22+/m1/s1. The van der Waals surface area contributed by atoms with Crippen molar-refractivity contribution in [2.75, 3.05) is 19.8 Å². The second kappa shape index (κ2) is 7.53. The molecule has 3 N–H and O–H groups in total. The maximum Gasteiger partial charge on any atom is 0.302 e. The molecule has 7 atom stereocenters. The molecule has 162 valence electrons. The molecule has 3 fully saturated rings. The highest BCUT2D eigenvalue weighted by Crippen LogP contribution is 2.65. The van der Waals surface area contributed by atoms with Gasteiger partial charge in [-0.05, 0) is 62.7 Å². The maximum absolute atomic E-state index is 11.4. The number of carbonyl (C=O) groups is 1. The highest BCUT2D eigenvalue weighted by Gasteiger charge is 2.63. The highest BCUT2D eigenvalue weighted by molar-refractivity contribution is 5.65. The van der Waals surface area contributed by atoms with Gasteiger partial charge in [-0.2, -0.15) is 0 Å². The van der Waals surface area contributed by atoms with Crippen molar-refractivity contribution in [1.82, 2.24) is 0 Å². The van der Waals surface area contributed by atoms with Crippen molar-refractivity contribution in [3.63, 3.8) is 0 Å². The van der Waals surface area contributed by atoms with E-state index in [0.717, 1.165) is 38.5 Å². The summed E-state index contributed by atoms with van der Waals surface area (Å²) in [6.45, 7) is 7.98. The number of aliphatic hydroxyl groups excluding tert-OH is 3. The predicted octanol–water partition coefficient (Wildman–Crippen LogP) is 2.43. The van der Waals surface area contributed by atoms with Gasteiger partial charge in [0.1, 0.15) is 11.7 Å². The summed E-state index contributed by atoms with van der Waals surface area (Å²) in [5.74, 6) is 0.529. The molecular weight excluding hydrogens is 360 g/mol. The Morgan fingerprint density at radius 2 is 1.79 bits per heavy atom. The van der Waals surface area contributed by atoms with Gasteiger partial charge in [0.25, 0.3) is 0 Å². The van der Waals surface area contributed by atoms with Crippen LogP contribution in [0, 0.1) is 22.7 Å². The van der Waals surface area contributed by atoms with E-state index in [9.17, 15) is 20.1 Å². The lowest BCUT2D eigenvalue weighted by atomic mass is 9.44. The Morgan fingerprint density at radius 1 is 1.11 bits per heavy atom. The molecule has 6 heteroatoms. The number of esters is 1. The Balaban J connectivity index is 1.88. The zero-order valence-electron chi connectivity index (χ0n) is 17.9. The van der Waals surface area contributed by atoms with Gasteiger partial charge in [-0.1, -0.05) is 20.3 Å². The molecule has 0 aromatic rings. The van der Waals surface area contributed by atoms with E-state index in [2.05, 4.69) is 20.8 Å². The number of hydrogen-bond acceptors (Lipinski definition) is 6. The van der Waals surface area contributed by atoms with Crippen LogP contribution in [0.2, 0.25) is 0 Å². The van der Waals surface area contributed by atoms with Crippen molar-refractivity contribution in [1.29, 1.82) is 0 Å². The van der Waals surface area contributed by atoms with Crippen molar-refractivity contribution < 1.29 is 29.6 Å². The molecule has 3 aliphatic rings. The fourth-order valence-corrected chi connectivity index (χ4v) is 7.13. The lowest BCUT2D eigenvalue weighted by Crippen LogP contribution is -2.67. The van der Waals surface area contributed by atoms with E-state index in [1.807, 2.05) is 0 Å². The molecule has 0 aromatic carbocycles. The van der Waals surface area contributed by atoms with Crippen molar-refractivity contribution >= 4 is 5.97 Å². The number of carbonyl (C=O) groups excluding carboxylic acids is 1. The third kappa shape index (κ3) is 3.40. The minimum atomic E-state index is -1.08. The zero-order valence-corrected chi connectivity index (χ0v) is 17.9. The highest BCUT2D eigenvalue weighted by atomic mass is 16.6. The minimum Gasteiger partial charge on any atom is -0.465 e. The number of rotatable bonds is 5. The first-order valence-electron chi connectivity index (χ1n) is 10.8. The van der Waals surface area contributed by atoms with Crippen LogP contribution in [0.1, 0.15) is 72.6 Å². The van der Waals surface area contributed by atoms with Crippen molar-refractivity contribution in [3.05, 3.63) is 0 Å². The summed E-state index contributed by atoms with van der Waals surface area (Å²) >= 11 is 0. The third-order valence-electron chi connectivity index (χ3n) is 8.51. The van der Waals surface area contributed by atoms with Crippen LogP contribution in [0.25, 0.3) is 0 Å². The first-order chi connectivity index (χ1) is 13.1. The molecule has 2 aliphatic carbocycles. The topological polar surface area (TPSA) is 96.2 Å². The number of ether oxygens (including phenoxy) is 2. The summed E-state index contributed by atoms with van der Waals surface area (Å²) in [5.41, 5.74) is -1.50. The lowest BCUT2D eigenvalue weighted by Gasteiger charge is -2.66. The molecule has 1 heterocycles. The second-order valence-electron chi connectivity index (χ2n) is 10.3. The third-order valence-corrected chi connectivity index (χ3v) is 8.51. The Morgan fingerprint density at radius 3 is 2.39 bits per heavy atom. The number of hydrogen-bond donors (Lipinski definition) is 3. The van der Waals surface area contributed by atoms with Gasteiger partial charge in [-0.25, -0.2) is 0 Å². The number of aliphatic hydroxyl groups is 3. The molecule has 6 nitrogen and oxygen atoms in total. The van der Waals surface area contributed by atoms with Crippen LogP contribution in [0.15, 0.2) is 0 Å². The van der Waals surface area contributed by atoms with E-state index in [1.54, 1.807) is 0 Å². The van der Waals surface area contributed by atoms with E-state index >= 15 is 0 Å². The van der Waals surface area contributed by atoms with Crippen molar-refractivity contribution in [2.45, 2.75) is 89.9 Å². The normalized spacial score (nSPS) is 47.0. The van der Waals surface area contributed by atoms with E-state index in [4.69, 9.17) is 9.47 Å². The van der Waals surface area contributed by atoms with Crippen LogP contribution in [-0.4, -0.2) is 58.4 Å². The van der Waals surface area contributed by atoms with Crippen LogP contribution >= 0.6 is 0 Å². The van der Waals surface area contributed by atoms with E-state index in [0.29, 0.717) is 24.9 Å². The lowest BCUT2D eigenvalue weighted by molar-refractivity contribution is -0.302. The van der Waals surface area contributed by atoms with Gasteiger partial charge in [-0.3, -0.25) is 4.79 Å². The Bertz CT molecular complexity index is 596. The summed E-state index contributed by atoms with van der Waals surface area (Å²) < 4.78 is 12.0. The summed E-state index contributed by atoms with van der Waals surface area (Å²) in [6, 6.07) is 0. The smallest absolute Gasteiger partial charge is 0.302 e. The van der Waals surface area contributed by atoms with Gasteiger partial charge in [0, 0.05) is 12.3 Å². The van der Waals surface area contributed by atoms with Gasteiger partial charge >= 0.3 is 5.97 Å². The number of fused-ring (bicyclic) bond motifs is 3. The molecule has 0 amide bonds.